The molecule has 0 aliphatic carbocycles. The number of nitrogens with one attached hydrogen (secondary N) is 1. The predicted molar refractivity (Wildman–Crippen MR) is 54.0 cm³/mol. The van der Waals surface area contributed by atoms with Gasteiger partial charge in [-0.1, -0.05) is 0 Å². The molecule has 0 atom stereocenters. The highest BCUT2D eigenvalue weighted by atomic mass is 32.2. The molecule has 2 aromatic heterocycles. The van der Waals surface area contributed by atoms with Gasteiger partial charge in [0.25, 0.3) is 10.0 Å². The van der Waals surface area contributed by atoms with Gasteiger partial charge in [-0.3, -0.25) is 0 Å². The molecule has 0 amide bonds. The summed E-state index contributed by atoms with van der Waals surface area (Å²) in [5.41, 5.74) is 0. The number of hydrogen-bond acceptors (Lipinski definition) is 5. The van der Waals surface area contributed by atoms with Gasteiger partial charge in [0, 0.05) is 0 Å². The average Bonchev–Trinajstić information content (AvgIpc) is 2.85. The Morgan fingerprint density at radius 3 is 2.88 bits per heavy atom. The minimum atomic E-state index is -3.62. The van der Waals surface area contributed by atoms with Gasteiger partial charge < -0.3 is 8.83 Å². The van der Waals surface area contributed by atoms with E-state index in [1.807, 2.05) is 0 Å². The Morgan fingerprint density at radius 2 is 2.31 bits per heavy atom. The van der Waals surface area contributed by atoms with Crippen LogP contribution in [0, 0.1) is 6.92 Å². The molecule has 0 unspecified atom stereocenters. The van der Waals surface area contributed by atoms with Gasteiger partial charge >= 0.3 is 0 Å². The van der Waals surface area contributed by atoms with Gasteiger partial charge in [-0.05, 0) is 19.1 Å². The summed E-state index contributed by atoms with van der Waals surface area (Å²) in [6.07, 6.45) is 2.82. The van der Waals surface area contributed by atoms with Crippen LogP contribution >= 0.6 is 0 Å². The lowest BCUT2D eigenvalue weighted by Crippen LogP contribution is -2.22. The quantitative estimate of drug-likeness (QED) is 0.866. The van der Waals surface area contributed by atoms with E-state index in [1.165, 1.54) is 24.6 Å². The van der Waals surface area contributed by atoms with E-state index >= 15 is 0 Å². The zero-order valence-electron chi connectivity index (χ0n) is 8.50. The lowest BCUT2D eigenvalue weighted by molar-refractivity contribution is 0.437. The first-order chi connectivity index (χ1) is 7.58. The summed E-state index contributed by atoms with van der Waals surface area (Å²) in [6, 6.07) is 2.87. The molecule has 2 aromatic rings. The molecule has 0 spiro atoms. The van der Waals surface area contributed by atoms with Crippen LogP contribution in [0.15, 0.2) is 38.5 Å². The van der Waals surface area contributed by atoms with Gasteiger partial charge in [0.15, 0.2) is 0 Å². The van der Waals surface area contributed by atoms with Gasteiger partial charge in [-0.15, -0.1) is 0 Å². The van der Waals surface area contributed by atoms with Crippen LogP contribution in [0.5, 0.6) is 0 Å². The van der Waals surface area contributed by atoms with Crippen molar-refractivity contribution in [2.45, 2.75) is 18.6 Å². The summed E-state index contributed by atoms with van der Waals surface area (Å²) in [5, 5.41) is -0.129. The van der Waals surface area contributed by atoms with Crippen molar-refractivity contribution >= 4 is 10.0 Å². The smallest absolute Gasteiger partial charge is 0.274 e. The Morgan fingerprint density at radius 1 is 1.50 bits per heavy atom. The largest absolute Gasteiger partial charge is 0.452 e. The first kappa shape index (κ1) is 10.9. The standard InChI is InChI=1S/C9H10N2O4S/c1-7-5-10-8(15-7)6-11-16(12,13)9-3-2-4-14-9/h2-5,11H,6H2,1H3. The number of oxazole rings is 1. The summed E-state index contributed by atoms with van der Waals surface area (Å²) in [6.45, 7) is 1.73. The fourth-order valence-electron chi connectivity index (χ4n) is 1.13. The van der Waals surface area contributed by atoms with E-state index in [0.717, 1.165) is 0 Å². The van der Waals surface area contributed by atoms with Crippen LogP contribution in [0.1, 0.15) is 11.7 Å². The molecule has 2 rings (SSSR count). The molecule has 86 valence electrons. The molecule has 6 nitrogen and oxygen atoms in total. The van der Waals surface area contributed by atoms with Crippen LogP contribution in [0.4, 0.5) is 0 Å². The molecular weight excluding hydrogens is 232 g/mol. The summed E-state index contributed by atoms with van der Waals surface area (Å²) in [4.78, 5) is 3.88. The fourth-order valence-corrected chi connectivity index (χ4v) is 2.02. The minimum absolute atomic E-state index is 0.00310. The second kappa shape index (κ2) is 4.11. The number of rotatable bonds is 4. The Hall–Kier alpha value is -1.60. The van der Waals surface area contributed by atoms with Crippen LogP contribution in [0.2, 0.25) is 0 Å². The molecule has 0 aliphatic rings. The van der Waals surface area contributed by atoms with Crippen molar-refractivity contribution < 1.29 is 17.3 Å². The molecule has 1 N–H and O–H groups in total. The van der Waals surface area contributed by atoms with Crippen molar-refractivity contribution in [1.29, 1.82) is 0 Å². The topological polar surface area (TPSA) is 85.3 Å². The molecular formula is C9H10N2O4S. The molecule has 2 heterocycles. The normalized spacial score (nSPS) is 11.8. The Kier molecular flexibility index (Phi) is 2.80. The number of hydrogen-bond donors (Lipinski definition) is 1. The van der Waals surface area contributed by atoms with E-state index in [9.17, 15) is 8.42 Å². The maximum absolute atomic E-state index is 11.6. The van der Waals surface area contributed by atoms with Gasteiger partial charge in [0.05, 0.1) is 19.0 Å². The molecule has 0 radical (unpaired) electrons. The third kappa shape index (κ3) is 2.31. The van der Waals surface area contributed by atoms with Crippen LogP contribution in [0.3, 0.4) is 0 Å². The second-order valence-corrected chi connectivity index (χ2v) is 4.82. The number of aryl methyl sites for hydroxylation is 1. The Labute approximate surface area is 92.3 Å². The van der Waals surface area contributed by atoms with Crippen molar-refractivity contribution in [3.05, 3.63) is 36.2 Å². The number of sulfonamides is 1. The van der Waals surface area contributed by atoms with E-state index in [2.05, 4.69) is 9.71 Å². The predicted octanol–water partition coefficient (Wildman–Crippen LogP) is 1.05. The van der Waals surface area contributed by atoms with Gasteiger partial charge in [-0.2, -0.15) is 4.72 Å². The van der Waals surface area contributed by atoms with Gasteiger partial charge in [-0.25, -0.2) is 13.4 Å². The van der Waals surface area contributed by atoms with Crippen molar-refractivity contribution in [2.24, 2.45) is 0 Å². The zero-order chi connectivity index (χ0) is 11.6. The molecule has 0 aliphatic heterocycles. The monoisotopic (exact) mass is 242 g/mol. The summed E-state index contributed by atoms with van der Waals surface area (Å²) in [5.74, 6) is 0.944. The van der Waals surface area contributed by atoms with Crippen molar-refractivity contribution in [1.82, 2.24) is 9.71 Å². The molecule has 0 bridgehead atoms. The van der Waals surface area contributed by atoms with Gasteiger partial charge in [0.1, 0.15) is 5.76 Å². The van der Waals surface area contributed by atoms with E-state index < -0.39 is 10.0 Å². The van der Waals surface area contributed by atoms with Crippen molar-refractivity contribution in [2.75, 3.05) is 0 Å². The molecule has 7 heteroatoms. The van der Waals surface area contributed by atoms with E-state index in [1.54, 1.807) is 6.92 Å². The SMILES string of the molecule is Cc1cnc(CNS(=O)(=O)c2ccco2)o1. The highest BCUT2D eigenvalue weighted by molar-refractivity contribution is 7.89. The molecule has 0 saturated heterocycles. The molecule has 0 fully saturated rings. The second-order valence-electron chi connectivity index (χ2n) is 3.12. The van der Waals surface area contributed by atoms with E-state index in [0.29, 0.717) is 11.7 Å². The number of furan rings is 1. The lowest BCUT2D eigenvalue weighted by Gasteiger charge is -2.00. The summed E-state index contributed by atoms with van der Waals surface area (Å²) >= 11 is 0. The maximum Gasteiger partial charge on any atom is 0.274 e. The summed E-state index contributed by atoms with van der Waals surface area (Å²) < 4.78 is 35.4. The number of nitrogens with zero attached hydrogens (tertiary/aromatic N) is 1. The van der Waals surface area contributed by atoms with Crippen LogP contribution in [-0.2, 0) is 16.6 Å². The van der Waals surface area contributed by atoms with Crippen LogP contribution in [0.25, 0.3) is 0 Å². The fraction of sp³-hybridized carbons (Fsp3) is 0.222. The molecule has 16 heavy (non-hydrogen) atoms. The van der Waals surface area contributed by atoms with Gasteiger partial charge in [0.2, 0.25) is 11.0 Å². The highest BCUT2D eigenvalue weighted by Gasteiger charge is 2.17. The van der Waals surface area contributed by atoms with Crippen molar-refractivity contribution in [3.8, 4) is 0 Å². The first-order valence-electron chi connectivity index (χ1n) is 4.52. The van der Waals surface area contributed by atoms with Crippen molar-refractivity contribution in [3.63, 3.8) is 0 Å². The number of aromatic nitrogens is 1. The maximum atomic E-state index is 11.6. The average molecular weight is 242 g/mol. The third-order valence-corrected chi connectivity index (χ3v) is 3.13. The Balaban J connectivity index is 2.06. The third-order valence-electron chi connectivity index (χ3n) is 1.84. The van der Waals surface area contributed by atoms with Crippen LogP contribution in [-0.4, -0.2) is 13.4 Å². The van der Waals surface area contributed by atoms with E-state index in [4.69, 9.17) is 8.83 Å². The van der Waals surface area contributed by atoms with Crippen LogP contribution < -0.4 is 4.72 Å². The highest BCUT2D eigenvalue weighted by Crippen LogP contribution is 2.09. The first-order valence-corrected chi connectivity index (χ1v) is 6.01. The minimum Gasteiger partial charge on any atom is -0.452 e. The molecule has 0 aromatic carbocycles. The zero-order valence-corrected chi connectivity index (χ0v) is 9.32. The van der Waals surface area contributed by atoms with E-state index in [-0.39, 0.29) is 11.6 Å². The lowest BCUT2D eigenvalue weighted by atomic mass is 10.6. The Bertz CT molecular complexity index is 556. The molecule has 0 saturated carbocycles. The summed E-state index contributed by atoms with van der Waals surface area (Å²) in [7, 11) is -3.62.